The number of hydrogen-bond acceptors (Lipinski definition) is 4. The molecule has 0 radical (unpaired) electrons. The molecule has 5 N–H and O–H groups in total. The van der Waals surface area contributed by atoms with Gasteiger partial charge in [0.15, 0.2) is 6.29 Å². The molecule has 4 heteroatoms. The smallest absolute Gasteiger partial charge is 0.155 e. The van der Waals surface area contributed by atoms with E-state index in [-0.39, 0.29) is 6.42 Å². The van der Waals surface area contributed by atoms with Gasteiger partial charge in [-0.1, -0.05) is 0 Å². The first-order valence-electron chi connectivity index (χ1n) is 1.92. The zero-order valence-electron chi connectivity index (χ0n) is 3.78. The standard InChI is InChI=1S/C3H9NO3/c4-2(5)1-3(6)7/h2-3,5-7H,1,4H2. The predicted octanol–water partition coefficient (Wildman–Crippen LogP) is -2.04. The van der Waals surface area contributed by atoms with Gasteiger partial charge in [0, 0.05) is 6.42 Å². The molecule has 0 aliphatic carbocycles. The summed E-state index contributed by atoms with van der Waals surface area (Å²) in [6, 6.07) is 0. The molecule has 0 amide bonds. The van der Waals surface area contributed by atoms with E-state index >= 15 is 0 Å². The van der Waals surface area contributed by atoms with E-state index in [0.29, 0.717) is 0 Å². The van der Waals surface area contributed by atoms with Crippen molar-refractivity contribution in [3.8, 4) is 0 Å². The lowest BCUT2D eigenvalue weighted by Gasteiger charge is -2.03. The minimum absolute atomic E-state index is 0.194. The topological polar surface area (TPSA) is 86.7 Å². The lowest BCUT2D eigenvalue weighted by molar-refractivity contribution is -0.0685. The van der Waals surface area contributed by atoms with Gasteiger partial charge in [-0.25, -0.2) is 0 Å². The molecule has 7 heavy (non-hydrogen) atoms. The first-order valence-corrected chi connectivity index (χ1v) is 1.92. The van der Waals surface area contributed by atoms with Crippen LogP contribution in [0.5, 0.6) is 0 Å². The summed E-state index contributed by atoms with van der Waals surface area (Å²) in [6.07, 6.45) is -2.82. The number of hydrogen-bond donors (Lipinski definition) is 4. The van der Waals surface area contributed by atoms with Crippen molar-refractivity contribution in [1.82, 2.24) is 0 Å². The predicted molar refractivity (Wildman–Crippen MR) is 23.0 cm³/mol. The Hall–Kier alpha value is -0.160. The zero-order chi connectivity index (χ0) is 5.86. The van der Waals surface area contributed by atoms with Crippen LogP contribution in [0.2, 0.25) is 0 Å². The molecule has 0 saturated heterocycles. The third-order valence-electron chi connectivity index (χ3n) is 0.452. The second kappa shape index (κ2) is 2.92. The Morgan fingerprint density at radius 3 is 1.71 bits per heavy atom. The Kier molecular flexibility index (Phi) is 2.86. The van der Waals surface area contributed by atoms with E-state index in [0.717, 1.165) is 0 Å². The molecule has 0 spiro atoms. The first kappa shape index (κ1) is 6.84. The molecule has 0 aromatic carbocycles. The van der Waals surface area contributed by atoms with Gasteiger partial charge in [-0.2, -0.15) is 0 Å². The van der Waals surface area contributed by atoms with Crippen LogP contribution in [0.1, 0.15) is 6.42 Å². The Morgan fingerprint density at radius 2 is 1.71 bits per heavy atom. The highest BCUT2D eigenvalue weighted by Gasteiger charge is 2.00. The summed E-state index contributed by atoms with van der Waals surface area (Å²) in [5.41, 5.74) is 4.73. The monoisotopic (exact) mass is 107 g/mol. The zero-order valence-corrected chi connectivity index (χ0v) is 3.78. The lowest BCUT2D eigenvalue weighted by Crippen LogP contribution is -2.24. The molecule has 1 unspecified atom stereocenters. The fourth-order valence-corrected chi connectivity index (χ4v) is 0.216. The van der Waals surface area contributed by atoms with Gasteiger partial charge < -0.3 is 21.1 Å². The minimum atomic E-state index is -1.50. The number of nitrogens with two attached hydrogens (primary N) is 1. The summed E-state index contributed by atoms with van der Waals surface area (Å²) in [5, 5.41) is 24.3. The normalized spacial score (nSPS) is 15.0. The summed E-state index contributed by atoms with van der Waals surface area (Å²) >= 11 is 0. The van der Waals surface area contributed by atoms with Crippen LogP contribution in [0.3, 0.4) is 0 Å². The fourth-order valence-electron chi connectivity index (χ4n) is 0.216. The highest BCUT2D eigenvalue weighted by Crippen LogP contribution is 1.85. The van der Waals surface area contributed by atoms with Gasteiger partial charge in [0.2, 0.25) is 0 Å². The minimum Gasteiger partial charge on any atom is -0.379 e. The molecular weight excluding hydrogens is 98.0 g/mol. The van der Waals surface area contributed by atoms with E-state index in [9.17, 15) is 0 Å². The van der Waals surface area contributed by atoms with Gasteiger partial charge in [-0.3, -0.25) is 0 Å². The van der Waals surface area contributed by atoms with Crippen molar-refractivity contribution in [2.45, 2.75) is 18.9 Å². The lowest BCUT2D eigenvalue weighted by atomic mass is 10.4. The molecule has 4 nitrogen and oxygen atoms in total. The highest BCUT2D eigenvalue weighted by molar-refractivity contribution is 4.43. The van der Waals surface area contributed by atoms with Crippen LogP contribution in [0, 0.1) is 0 Å². The first-order chi connectivity index (χ1) is 3.13. The molecular formula is C3H9NO3. The van der Waals surface area contributed by atoms with E-state index in [1.54, 1.807) is 0 Å². The van der Waals surface area contributed by atoms with Gasteiger partial charge in [-0.15, -0.1) is 0 Å². The third kappa shape index (κ3) is 5.84. The van der Waals surface area contributed by atoms with E-state index in [4.69, 9.17) is 21.1 Å². The summed E-state index contributed by atoms with van der Waals surface area (Å²) < 4.78 is 0. The number of rotatable bonds is 2. The Balaban J connectivity index is 2.95. The Morgan fingerprint density at radius 1 is 1.29 bits per heavy atom. The number of aliphatic hydroxyl groups excluding tert-OH is 2. The summed E-state index contributed by atoms with van der Waals surface area (Å²) in [5.74, 6) is 0. The maximum absolute atomic E-state index is 8.18. The van der Waals surface area contributed by atoms with Crippen molar-refractivity contribution < 1.29 is 15.3 Å². The van der Waals surface area contributed by atoms with Gasteiger partial charge >= 0.3 is 0 Å². The molecule has 0 heterocycles. The molecule has 0 saturated carbocycles. The second-order valence-corrected chi connectivity index (χ2v) is 1.28. The fraction of sp³-hybridized carbons (Fsp3) is 1.00. The van der Waals surface area contributed by atoms with Crippen LogP contribution in [-0.2, 0) is 0 Å². The van der Waals surface area contributed by atoms with Gasteiger partial charge in [0.05, 0.1) is 0 Å². The van der Waals surface area contributed by atoms with Crippen LogP contribution >= 0.6 is 0 Å². The van der Waals surface area contributed by atoms with Crippen molar-refractivity contribution in [3.05, 3.63) is 0 Å². The molecule has 0 rings (SSSR count). The quantitative estimate of drug-likeness (QED) is 0.306. The van der Waals surface area contributed by atoms with Crippen LogP contribution < -0.4 is 5.73 Å². The molecule has 0 aromatic heterocycles. The van der Waals surface area contributed by atoms with Crippen LogP contribution in [0.15, 0.2) is 0 Å². The van der Waals surface area contributed by atoms with E-state index in [1.165, 1.54) is 0 Å². The van der Waals surface area contributed by atoms with E-state index in [2.05, 4.69) is 0 Å². The molecule has 0 bridgehead atoms. The van der Waals surface area contributed by atoms with Crippen molar-refractivity contribution in [1.29, 1.82) is 0 Å². The molecule has 44 valence electrons. The number of aliphatic hydroxyl groups is 3. The van der Waals surface area contributed by atoms with Crippen LogP contribution in [0.4, 0.5) is 0 Å². The molecule has 0 aliphatic rings. The van der Waals surface area contributed by atoms with Crippen molar-refractivity contribution in [3.63, 3.8) is 0 Å². The molecule has 1 atom stereocenters. The summed E-state index contributed by atoms with van der Waals surface area (Å²) in [7, 11) is 0. The third-order valence-corrected chi connectivity index (χ3v) is 0.452. The largest absolute Gasteiger partial charge is 0.379 e. The van der Waals surface area contributed by atoms with E-state index < -0.39 is 12.5 Å². The molecule has 0 aliphatic heterocycles. The van der Waals surface area contributed by atoms with Crippen LogP contribution in [-0.4, -0.2) is 27.8 Å². The SMILES string of the molecule is NC(O)CC(O)O. The van der Waals surface area contributed by atoms with Gasteiger partial charge in [-0.05, 0) is 0 Å². The maximum Gasteiger partial charge on any atom is 0.155 e. The van der Waals surface area contributed by atoms with Crippen molar-refractivity contribution in [2.75, 3.05) is 0 Å². The van der Waals surface area contributed by atoms with Gasteiger partial charge in [0.25, 0.3) is 0 Å². The summed E-state index contributed by atoms with van der Waals surface area (Å²) in [6.45, 7) is 0. The second-order valence-electron chi connectivity index (χ2n) is 1.28. The van der Waals surface area contributed by atoms with Crippen LogP contribution in [0.25, 0.3) is 0 Å². The average molecular weight is 107 g/mol. The van der Waals surface area contributed by atoms with E-state index in [1.807, 2.05) is 0 Å². The van der Waals surface area contributed by atoms with Crippen molar-refractivity contribution in [2.24, 2.45) is 5.73 Å². The Labute approximate surface area is 41.2 Å². The van der Waals surface area contributed by atoms with Gasteiger partial charge in [0.1, 0.15) is 6.23 Å². The molecule has 0 aromatic rings. The maximum atomic E-state index is 8.18. The Bertz CT molecular complexity index is 39.4. The average Bonchev–Trinajstić information content (AvgIpc) is 1.27. The molecule has 0 fully saturated rings. The highest BCUT2D eigenvalue weighted by atomic mass is 16.5. The summed E-state index contributed by atoms with van der Waals surface area (Å²) in [4.78, 5) is 0. The van der Waals surface area contributed by atoms with Crippen molar-refractivity contribution >= 4 is 0 Å².